The van der Waals surface area contributed by atoms with Gasteiger partial charge in [-0.3, -0.25) is 0 Å². The molecule has 2 aliphatic rings. The van der Waals surface area contributed by atoms with Crippen molar-refractivity contribution in [3.63, 3.8) is 0 Å². The topological polar surface area (TPSA) is 24.7 Å². The second-order valence-electron chi connectivity index (χ2n) is 4.32. The molecule has 2 heteroatoms. The van der Waals surface area contributed by atoms with Crippen LogP contribution in [0, 0.1) is 11.8 Å². The van der Waals surface area contributed by atoms with Gasteiger partial charge in [0, 0.05) is 18.1 Å². The molecule has 0 aromatic heterocycles. The maximum atomic E-state index is 4.33. The van der Waals surface area contributed by atoms with Gasteiger partial charge in [-0.25, -0.2) is 0 Å². The molecule has 3 rings (SSSR count). The number of nitrogens with zero attached hydrogens (tertiary/aromatic N) is 2. The summed E-state index contributed by atoms with van der Waals surface area (Å²) < 4.78 is 0. The van der Waals surface area contributed by atoms with Crippen molar-refractivity contribution in [3.8, 4) is 0 Å². The van der Waals surface area contributed by atoms with Gasteiger partial charge in [0.15, 0.2) is 0 Å². The Morgan fingerprint density at radius 3 is 2.80 bits per heavy atom. The van der Waals surface area contributed by atoms with Gasteiger partial charge in [-0.1, -0.05) is 36.8 Å². The molecule has 76 valence electrons. The van der Waals surface area contributed by atoms with Crippen molar-refractivity contribution in [1.29, 1.82) is 0 Å². The van der Waals surface area contributed by atoms with Crippen LogP contribution < -0.4 is 0 Å². The van der Waals surface area contributed by atoms with Gasteiger partial charge in [-0.2, -0.15) is 10.2 Å². The monoisotopic (exact) mass is 198 g/mol. The van der Waals surface area contributed by atoms with E-state index in [1.54, 1.807) is 0 Å². The minimum absolute atomic E-state index is 0.616. The number of hydrogen-bond donors (Lipinski definition) is 0. The Kier molecular flexibility index (Phi) is 2.13. The fourth-order valence-electron chi connectivity index (χ4n) is 2.64. The van der Waals surface area contributed by atoms with E-state index in [0.717, 1.165) is 0 Å². The number of hydrogen-bond acceptors (Lipinski definition) is 2. The first-order valence-corrected chi connectivity index (χ1v) is 5.61. The van der Waals surface area contributed by atoms with Crippen LogP contribution in [0.3, 0.4) is 0 Å². The van der Waals surface area contributed by atoms with Gasteiger partial charge >= 0.3 is 0 Å². The van der Waals surface area contributed by atoms with Crippen LogP contribution in [0.25, 0.3) is 0 Å². The van der Waals surface area contributed by atoms with E-state index in [2.05, 4.69) is 34.5 Å². The Hall–Kier alpha value is -1.44. The van der Waals surface area contributed by atoms with E-state index in [0.29, 0.717) is 11.8 Å². The van der Waals surface area contributed by atoms with Crippen LogP contribution in [-0.4, -0.2) is 11.9 Å². The summed E-state index contributed by atoms with van der Waals surface area (Å²) in [7, 11) is 0. The van der Waals surface area contributed by atoms with Crippen molar-refractivity contribution in [3.05, 3.63) is 35.9 Å². The Morgan fingerprint density at radius 1 is 1.07 bits per heavy atom. The van der Waals surface area contributed by atoms with Crippen molar-refractivity contribution >= 4 is 11.9 Å². The molecule has 1 aromatic carbocycles. The average molecular weight is 198 g/mol. The molecule has 1 saturated carbocycles. The van der Waals surface area contributed by atoms with Crippen LogP contribution in [-0.2, 0) is 0 Å². The van der Waals surface area contributed by atoms with Crippen molar-refractivity contribution in [2.75, 3.05) is 0 Å². The molecule has 0 radical (unpaired) electrons. The van der Waals surface area contributed by atoms with E-state index in [1.165, 1.54) is 30.5 Å². The zero-order chi connectivity index (χ0) is 10.1. The fraction of sp³-hybridized carbons (Fsp3) is 0.385. The molecule has 2 atom stereocenters. The number of rotatable bonds is 1. The highest BCUT2D eigenvalue weighted by atomic mass is 15.2. The Balaban J connectivity index is 1.99. The van der Waals surface area contributed by atoms with Gasteiger partial charge in [0.25, 0.3) is 0 Å². The lowest BCUT2D eigenvalue weighted by Gasteiger charge is -2.20. The zero-order valence-electron chi connectivity index (χ0n) is 8.63. The van der Waals surface area contributed by atoms with Crippen molar-refractivity contribution < 1.29 is 0 Å². The summed E-state index contributed by atoms with van der Waals surface area (Å²) in [5.74, 6) is 1.25. The van der Waals surface area contributed by atoms with E-state index in [-0.39, 0.29) is 0 Å². The Labute approximate surface area is 89.7 Å². The van der Waals surface area contributed by atoms with E-state index in [1.807, 2.05) is 12.3 Å². The Bertz CT molecular complexity index is 406. The molecule has 2 unspecified atom stereocenters. The van der Waals surface area contributed by atoms with E-state index >= 15 is 0 Å². The van der Waals surface area contributed by atoms with Gasteiger partial charge in [0.2, 0.25) is 0 Å². The predicted molar refractivity (Wildman–Crippen MR) is 62.3 cm³/mol. The second-order valence-corrected chi connectivity index (χ2v) is 4.32. The van der Waals surface area contributed by atoms with Crippen LogP contribution in [0.1, 0.15) is 24.8 Å². The Morgan fingerprint density at radius 2 is 1.93 bits per heavy atom. The van der Waals surface area contributed by atoms with Crippen LogP contribution in [0.15, 0.2) is 40.5 Å². The first kappa shape index (κ1) is 8.84. The molecule has 1 aliphatic heterocycles. The number of benzene rings is 1. The molecule has 0 amide bonds. The first-order chi connectivity index (χ1) is 7.45. The maximum absolute atomic E-state index is 4.33. The van der Waals surface area contributed by atoms with Crippen LogP contribution in [0.2, 0.25) is 0 Å². The van der Waals surface area contributed by atoms with Crippen molar-refractivity contribution in [2.24, 2.45) is 22.0 Å². The second kappa shape index (κ2) is 3.61. The summed E-state index contributed by atoms with van der Waals surface area (Å²) in [5.41, 5.74) is 2.44. The lowest BCUT2D eigenvalue weighted by Crippen LogP contribution is -2.23. The predicted octanol–water partition coefficient (Wildman–Crippen LogP) is 2.89. The van der Waals surface area contributed by atoms with Gasteiger partial charge in [0.1, 0.15) is 0 Å². The van der Waals surface area contributed by atoms with Crippen molar-refractivity contribution in [1.82, 2.24) is 0 Å². The molecule has 1 aromatic rings. The van der Waals surface area contributed by atoms with E-state index in [4.69, 9.17) is 0 Å². The summed E-state index contributed by atoms with van der Waals surface area (Å²) in [4.78, 5) is 0. The van der Waals surface area contributed by atoms with Gasteiger partial charge in [-0.05, 0) is 18.4 Å². The normalized spacial score (nSPS) is 28.7. The summed E-state index contributed by atoms with van der Waals surface area (Å²) in [6.07, 6.45) is 5.89. The minimum atomic E-state index is 0.616. The van der Waals surface area contributed by atoms with Gasteiger partial charge < -0.3 is 0 Å². The van der Waals surface area contributed by atoms with E-state index < -0.39 is 0 Å². The lowest BCUT2D eigenvalue weighted by molar-refractivity contribution is 0.621. The maximum Gasteiger partial charge on any atom is 0.0739 e. The van der Waals surface area contributed by atoms with Gasteiger partial charge in [0.05, 0.1) is 5.71 Å². The third kappa shape index (κ3) is 1.50. The highest BCUT2D eigenvalue weighted by Gasteiger charge is 2.32. The highest BCUT2D eigenvalue weighted by Crippen LogP contribution is 2.35. The molecule has 15 heavy (non-hydrogen) atoms. The quantitative estimate of drug-likeness (QED) is 0.663. The molecule has 1 aliphatic carbocycles. The molecule has 2 nitrogen and oxygen atoms in total. The summed E-state index contributed by atoms with van der Waals surface area (Å²) in [6.45, 7) is 0. The fourth-order valence-corrected chi connectivity index (χ4v) is 2.64. The summed E-state index contributed by atoms with van der Waals surface area (Å²) >= 11 is 0. The molecule has 0 spiro atoms. The molecule has 1 fully saturated rings. The zero-order valence-corrected chi connectivity index (χ0v) is 8.63. The molecule has 0 bridgehead atoms. The molecule has 0 N–H and O–H groups in total. The van der Waals surface area contributed by atoms with Crippen molar-refractivity contribution in [2.45, 2.75) is 19.3 Å². The van der Waals surface area contributed by atoms with Crippen LogP contribution in [0.4, 0.5) is 0 Å². The molecule has 0 saturated heterocycles. The largest absolute Gasteiger partial charge is 0.163 e. The minimum Gasteiger partial charge on any atom is -0.163 e. The van der Waals surface area contributed by atoms with Gasteiger partial charge in [-0.15, -0.1) is 0 Å². The highest BCUT2D eigenvalue weighted by molar-refractivity contribution is 6.04. The molecular weight excluding hydrogens is 184 g/mol. The van der Waals surface area contributed by atoms with Crippen LogP contribution >= 0.6 is 0 Å². The van der Waals surface area contributed by atoms with Crippen LogP contribution in [0.5, 0.6) is 0 Å². The van der Waals surface area contributed by atoms with E-state index in [9.17, 15) is 0 Å². The standard InChI is InChI=1S/C13H14N2/c1-2-5-10(6-3-1)13-12-8-4-7-11(12)9-14-15-13/h1-3,5-6,9,11-12H,4,7-8H2. The first-order valence-electron chi connectivity index (χ1n) is 5.61. The SMILES string of the molecule is C1=NN=C(c2ccccc2)C2CCCC12. The smallest absolute Gasteiger partial charge is 0.0739 e. The third-order valence-corrected chi connectivity index (χ3v) is 3.41. The average Bonchev–Trinajstić information content (AvgIpc) is 2.78. The lowest BCUT2D eigenvalue weighted by atomic mass is 9.88. The summed E-state index contributed by atoms with van der Waals surface area (Å²) in [5, 5.41) is 8.47. The molecular formula is C13H14N2. The third-order valence-electron chi connectivity index (χ3n) is 3.41. The number of fused-ring (bicyclic) bond motifs is 1. The summed E-state index contributed by atoms with van der Waals surface area (Å²) in [6, 6.07) is 10.5. The molecule has 1 heterocycles.